The third kappa shape index (κ3) is 3.83. The number of hydrogen-bond donors (Lipinski definition) is 0. The van der Waals surface area contributed by atoms with E-state index < -0.39 is 5.92 Å². The molecule has 0 atom stereocenters. The number of amides is 2. The maximum atomic E-state index is 13.2. The number of hydrazine groups is 1. The molecule has 2 amide bonds. The van der Waals surface area contributed by atoms with Crippen LogP contribution in [0, 0.1) is 5.92 Å². The molecule has 27 heavy (non-hydrogen) atoms. The van der Waals surface area contributed by atoms with Gasteiger partial charge in [0.15, 0.2) is 0 Å². The van der Waals surface area contributed by atoms with E-state index in [1.54, 1.807) is 0 Å². The summed E-state index contributed by atoms with van der Waals surface area (Å²) in [6.07, 6.45) is 0.394. The van der Waals surface area contributed by atoms with Crippen molar-refractivity contribution in [2.45, 2.75) is 6.42 Å². The maximum absolute atomic E-state index is 13.2. The number of nitrogens with zero attached hydrogens (tertiary/aromatic N) is 2. The second-order valence-corrected chi connectivity index (χ2v) is 6.21. The van der Waals surface area contributed by atoms with Gasteiger partial charge in [-0.1, -0.05) is 66.7 Å². The minimum Gasteiger partial charge on any atom is -0.272 e. The number of benzene rings is 3. The molecule has 0 spiro atoms. The summed E-state index contributed by atoms with van der Waals surface area (Å²) in [5.41, 5.74) is 2.35. The number of para-hydroxylation sites is 2. The summed E-state index contributed by atoms with van der Waals surface area (Å²) in [4.78, 5) is 26.3. The number of carbonyl (C=O) groups excluding carboxylic acids is 2. The molecule has 0 saturated carbocycles. The van der Waals surface area contributed by atoms with Crippen LogP contribution in [0.4, 0.5) is 11.4 Å². The zero-order valence-corrected chi connectivity index (χ0v) is 17.2. The summed E-state index contributed by atoms with van der Waals surface area (Å²) >= 11 is 0. The van der Waals surface area contributed by atoms with E-state index in [9.17, 15) is 9.59 Å². The molecule has 1 radical (unpaired) electrons. The van der Waals surface area contributed by atoms with E-state index in [0.717, 1.165) is 5.56 Å². The van der Waals surface area contributed by atoms with Crippen LogP contribution in [0.2, 0.25) is 0 Å². The minimum absolute atomic E-state index is 0. The Hall–Kier alpha value is -2.40. The van der Waals surface area contributed by atoms with Gasteiger partial charge in [0.1, 0.15) is 5.92 Å². The van der Waals surface area contributed by atoms with E-state index in [1.807, 2.05) is 91.0 Å². The van der Waals surface area contributed by atoms with Crippen LogP contribution in [-0.4, -0.2) is 41.4 Å². The summed E-state index contributed by atoms with van der Waals surface area (Å²) in [6, 6.07) is 28.2. The van der Waals surface area contributed by atoms with Crippen LogP contribution >= 0.6 is 0 Å². The molecular weight excluding hydrogens is 347 g/mol. The third-order valence-corrected chi connectivity index (χ3v) is 4.50. The van der Waals surface area contributed by atoms with Crippen molar-refractivity contribution >= 4 is 52.7 Å². The van der Waals surface area contributed by atoms with Crippen LogP contribution in [0.15, 0.2) is 91.0 Å². The van der Waals surface area contributed by atoms with E-state index in [-0.39, 0.29) is 41.4 Å². The predicted molar refractivity (Wildman–Crippen MR) is 107 cm³/mol. The molecule has 1 aliphatic rings. The summed E-state index contributed by atoms with van der Waals surface area (Å²) in [7, 11) is 0. The Morgan fingerprint density at radius 1 is 0.593 bits per heavy atom. The first kappa shape index (κ1) is 19.4. The average molecular weight is 365 g/mol. The number of anilines is 2. The fourth-order valence-corrected chi connectivity index (χ4v) is 3.25. The molecule has 4 rings (SSSR count). The second kappa shape index (κ2) is 8.53. The van der Waals surface area contributed by atoms with E-state index in [4.69, 9.17) is 0 Å². The largest absolute Gasteiger partial charge is 0.272 e. The summed E-state index contributed by atoms with van der Waals surface area (Å²) in [6.45, 7) is 0. The molecule has 0 bridgehead atoms. The van der Waals surface area contributed by atoms with Gasteiger partial charge in [0.05, 0.1) is 11.4 Å². The molecule has 5 heteroatoms. The summed E-state index contributed by atoms with van der Waals surface area (Å²) in [5.74, 6) is -1.12. The molecule has 3 aromatic carbocycles. The Labute approximate surface area is 180 Å². The Morgan fingerprint density at radius 2 is 0.963 bits per heavy atom. The van der Waals surface area contributed by atoms with Crippen molar-refractivity contribution in [1.82, 2.24) is 0 Å². The van der Waals surface area contributed by atoms with Crippen molar-refractivity contribution in [3.8, 4) is 0 Å². The Balaban J connectivity index is 0.00000210. The van der Waals surface area contributed by atoms with E-state index in [0.29, 0.717) is 17.8 Å². The molecule has 4 nitrogen and oxygen atoms in total. The van der Waals surface area contributed by atoms with Crippen molar-refractivity contribution in [1.29, 1.82) is 0 Å². The molecule has 1 aliphatic heterocycles. The minimum atomic E-state index is -0.724. The molecule has 129 valence electrons. The molecule has 0 aliphatic carbocycles. The molecule has 1 fully saturated rings. The second-order valence-electron chi connectivity index (χ2n) is 6.21. The SMILES string of the molecule is O=C1C(Cc2ccccc2)C(=O)N(c2ccccc2)N1c1ccccc1.[Na]. The molecule has 1 heterocycles. The normalized spacial score (nSPS) is 14.4. The van der Waals surface area contributed by atoms with Gasteiger partial charge in [-0.2, -0.15) is 0 Å². The van der Waals surface area contributed by atoms with Crippen molar-refractivity contribution < 1.29 is 9.59 Å². The summed E-state index contributed by atoms with van der Waals surface area (Å²) < 4.78 is 0. The Bertz CT molecular complexity index is 859. The van der Waals surface area contributed by atoms with Crippen LogP contribution in [0.5, 0.6) is 0 Å². The quantitative estimate of drug-likeness (QED) is 0.525. The first-order valence-electron chi connectivity index (χ1n) is 8.57. The van der Waals surface area contributed by atoms with Gasteiger partial charge in [-0.25, -0.2) is 10.0 Å². The number of hydrogen-bond acceptors (Lipinski definition) is 2. The van der Waals surface area contributed by atoms with E-state index in [1.165, 1.54) is 10.0 Å². The smallest absolute Gasteiger partial charge is 0.259 e. The van der Waals surface area contributed by atoms with Crippen LogP contribution in [-0.2, 0) is 16.0 Å². The van der Waals surface area contributed by atoms with Gasteiger partial charge in [0.2, 0.25) is 0 Å². The number of carbonyl (C=O) groups is 2. The van der Waals surface area contributed by atoms with Gasteiger partial charge in [0, 0.05) is 29.6 Å². The van der Waals surface area contributed by atoms with Crippen LogP contribution in [0.1, 0.15) is 5.56 Å². The summed E-state index contributed by atoms with van der Waals surface area (Å²) in [5, 5.41) is 2.98. The molecular formula is C22H18N2NaO2. The van der Waals surface area contributed by atoms with Crippen LogP contribution in [0.25, 0.3) is 0 Å². The Morgan fingerprint density at radius 3 is 1.37 bits per heavy atom. The van der Waals surface area contributed by atoms with Crippen molar-refractivity contribution in [3.05, 3.63) is 96.6 Å². The monoisotopic (exact) mass is 365 g/mol. The van der Waals surface area contributed by atoms with Gasteiger partial charge in [0.25, 0.3) is 11.8 Å². The van der Waals surface area contributed by atoms with Gasteiger partial charge >= 0.3 is 0 Å². The van der Waals surface area contributed by atoms with Gasteiger partial charge in [-0.3, -0.25) is 9.59 Å². The third-order valence-electron chi connectivity index (χ3n) is 4.50. The van der Waals surface area contributed by atoms with Gasteiger partial charge in [-0.15, -0.1) is 0 Å². The van der Waals surface area contributed by atoms with Gasteiger partial charge < -0.3 is 0 Å². The first-order valence-corrected chi connectivity index (χ1v) is 8.57. The molecule has 0 unspecified atom stereocenters. The topological polar surface area (TPSA) is 40.6 Å². The predicted octanol–water partition coefficient (Wildman–Crippen LogP) is 3.46. The fraction of sp³-hybridized carbons (Fsp3) is 0.0909. The zero-order chi connectivity index (χ0) is 17.9. The van der Waals surface area contributed by atoms with Crippen molar-refractivity contribution in [3.63, 3.8) is 0 Å². The molecule has 1 saturated heterocycles. The van der Waals surface area contributed by atoms with Crippen LogP contribution < -0.4 is 10.0 Å². The standard InChI is InChI=1S/C22H18N2O2.Na/c25-21-20(16-17-10-4-1-5-11-17)22(26)24(19-14-8-3-9-15-19)23(21)18-12-6-2-7-13-18;/h1-15,20H,16H2;. The average Bonchev–Trinajstić information content (AvgIpc) is 2.95. The molecule has 0 N–H and O–H groups in total. The van der Waals surface area contributed by atoms with Crippen molar-refractivity contribution in [2.24, 2.45) is 5.92 Å². The zero-order valence-electron chi connectivity index (χ0n) is 15.2. The maximum Gasteiger partial charge on any atom is 0.259 e. The molecule has 3 aromatic rings. The van der Waals surface area contributed by atoms with Crippen molar-refractivity contribution in [2.75, 3.05) is 10.0 Å². The van der Waals surface area contributed by atoms with E-state index >= 15 is 0 Å². The fourth-order valence-electron chi connectivity index (χ4n) is 3.25. The Kier molecular flexibility index (Phi) is 6.11. The van der Waals surface area contributed by atoms with E-state index in [2.05, 4.69) is 0 Å². The first-order chi connectivity index (χ1) is 12.8. The van der Waals surface area contributed by atoms with Gasteiger partial charge in [-0.05, 0) is 36.2 Å². The molecule has 0 aromatic heterocycles. The number of rotatable bonds is 4. The van der Waals surface area contributed by atoms with Crippen LogP contribution in [0.3, 0.4) is 0 Å².